The third kappa shape index (κ3) is 5.90. The highest BCUT2D eigenvalue weighted by molar-refractivity contribution is 5.87. The molecule has 0 spiro atoms. The van der Waals surface area contributed by atoms with E-state index < -0.39 is 34.7 Å². The molecular weight excluding hydrogens is 386 g/mol. The predicted molar refractivity (Wildman–Crippen MR) is 113 cm³/mol. The van der Waals surface area contributed by atoms with E-state index in [4.69, 9.17) is 14.3 Å². The van der Waals surface area contributed by atoms with E-state index in [2.05, 4.69) is 0 Å². The number of benzene rings is 1. The number of hydrogen-bond acceptors (Lipinski definition) is 7. The van der Waals surface area contributed by atoms with Crippen LogP contribution < -0.4 is 0 Å². The van der Waals surface area contributed by atoms with Crippen LogP contribution in [0.5, 0.6) is 0 Å². The lowest BCUT2D eigenvalue weighted by molar-refractivity contribution is -0.339. The molecule has 7 nitrogen and oxygen atoms in total. The third-order valence-corrected chi connectivity index (χ3v) is 5.18. The van der Waals surface area contributed by atoms with Crippen LogP contribution in [0.1, 0.15) is 53.0 Å². The van der Waals surface area contributed by atoms with Crippen LogP contribution in [0.15, 0.2) is 36.4 Å². The van der Waals surface area contributed by atoms with E-state index in [9.17, 15) is 14.7 Å². The number of rotatable bonds is 7. The number of carbonyl (C=O) groups is 2. The maximum atomic E-state index is 12.6. The van der Waals surface area contributed by atoms with Crippen molar-refractivity contribution in [1.82, 2.24) is 5.06 Å². The molecule has 1 saturated heterocycles. The van der Waals surface area contributed by atoms with Crippen molar-refractivity contribution >= 4 is 18.0 Å². The average molecular weight is 420 g/mol. The van der Waals surface area contributed by atoms with Gasteiger partial charge in [-0.2, -0.15) is 5.06 Å². The van der Waals surface area contributed by atoms with Crippen molar-refractivity contribution < 1.29 is 29.0 Å². The minimum atomic E-state index is -1.54. The van der Waals surface area contributed by atoms with Gasteiger partial charge in [-0.15, -0.1) is 0 Å². The van der Waals surface area contributed by atoms with E-state index in [0.29, 0.717) is 12.8 Å². The highest BCUT2D eigenvalue weighted by Gasteiger charge is 2.51. The van der Waals surface area contributed by atoms with Crippen LogP contribution >= 0.6 is 0 Å². The summed E-state index contributed by atoms with van der Waals surface area (Å²) in [6.07, 6.45) is 3.43. The van der Waals surface area contributed by atoms with Gasteiger partial charge in [-0.3, -0.25) is 4.84 Å². The summed E-state index contributed by atoms with van der Waals surface area (Å²) in [5.41, 5.74) is -1.78. The molecule has 0 saturated carbocycles. The molecule has 2 rings (SSSR count). The van der Waals surface area contributed by atoms with Crippen LogP contribution in [0.25, 0.3) is 6.08 Å². The van der Waals surface area contributed by atoms with Gasteiger partial charge in [0.05, 0.1) is 13.2 Å². The summed E-state index contributed by atoms with van der Waals surface area (Å²) in [4.78, 5) is 30.9. The zero-order chi connectivity index (χ0) is 22.6. The van der Waals surface area contributed by atoms with Crippen LogP contribution in [-0.4, -0.2) is 58.6 Å². The second kappa shape index (κ2) is 9.29. The zero-order valence-electron chi connectivity index (χ0n) is 18.7. The Hall–Kier alpha value is -2.22. The number of esters is 2. The topological polar surface area (TPSA) is 85.3 Å². The molecule has 0 aromatic heterocycles. The SMILES string of the molecule is COC(=O)C(C)(COC(=O)/C=C/c1ccccc1)ON1C(C)(C)CC(O)CC1(C)C. The fourth-order valence-corrected chi connectivity index (χ4v) is 3.98. The van der Waals surface area contributed by atoms with Gasteiger partial charge >= 0.3 is 11.9 Å². The molecule has 1 aromatic rings. The van der Waals surface area contributed by atoms with Crippen molar-refractivity contribution in [2.45, 2.75) is 70.2 Å². The quantitative estimate of drug-likeness (QED) is 0.537. The molecule has 1 fully saturated rings. The molecule has 1 heterocycles. The van der Waals surface area contributed by atoms with Gasteiger partial charge < -0.3 is 14.6 Å². The number of aliphatic hydroxyl groups is 1. The standard InChI is InChI=1S/C23H33NO6/c1-21(2)14-18(25)15-22(3,4)24(21)30-23(5,20(27)28-6)16-29-19(26)13-12-17-10-8-7-9-11-17/h7-13,18,25H,14-16H2,1-6H3/b13-12+. The van der Waals surface area contributed by atoms with Crippen molar-refractivity contribution in [2.75, 3.05) is 13.7 Å². The van der Waals surface area contributed by atoms with E-state index in [0.717, 1.165) is 5.56 Å². The van der Waals surface area contributed by atoms with E-state index in [1.807, 2.05) is 58.0 Å². The molecule has 0 bridgehead atoms. The van der Waals surface area contributed by atoms with Gasteiger partial charge in [0.15, 0.2) is 0 Å². The second-order valence-electron chi connectivity index (χ2n) is 9.15. The first kappa shape index (κ1) is 24.1. The Morgan fingerprint density at radius 1 is 1.17 bits per heavy atom. The summed E-state index contributed by atoms with van der Waals surface area (Å²) in [5, 5.41) is 11.9. The van der Waals surface area contributed by atoms with E-state index in [1.165, 1.54) is 20.1 Å². The van der Waals surface area contributed by atoms with Crippen LogP contribution in [-0.2, 0) is 23.9 Å². The molecule has 0 radical (unpaired) electrons. The molecule has 30 heavy (non-hydrogen) atoms. The van der Waals surface area contributed by atoms with Crippen molar-refractivity contribution in [3.05, 3.63) is 42.0 Å². The van der Waals surface area contributed by atoms with E-state index in [1.54, 1.807) is 11.1 Å². The maximum absolute atomic E-state index is 12.6. The molecule has 1 N–H and O–H groups in total. The first-order chi connectivity index (χ1) is 13.9. The number of piperidine rings is 1. The Morgan fingerprint density at radius 3 is 2.27 bits per heavy atom. The zero-order valence-corrected chi connectivity index (χ0v) is 18.7. The fraction of sp³-hybridized carbons (Fsp3) is 0.565. The molecule has 1 aliphatic heterocycles. The highest BCUT2D eigenvalue weighted by Crippen LogP contribution is 2.40. The average Bonchev–Trinajstić information content (AvgIpc) is 2.67. The maximum Gasteiger partial charge on any atom is 0.343 e. The summed E-state index contributed by atoms with van der Waals surface area (Å²) in [7, 11) is 1.26. The van der Waals surface area contributed by atoms with Gasteiger partial charge in [0, 0.05) is 17.2 Å². The summed E-state index contributed by atoms with van der Waals surface area (Å²) >= 11 is 0. The normalized spacial score (nSPS) is 21.2. The lowest BCUT2D eigenvalue weighted by Crippen LogP contribution is -2.65. The molecule has 1 aliphatic rings. The van der Waals surface area contributed by atoms with Gasteiger partial charge in [0.1, 0.15) is 6.61 Å². The number of hydrogen-bond donors (Lipinski definition) is 1. The highest BCUT2D eigenvalue weighted by atomic mass is 16.7. The molecule has 1 atom stereocenters. The van der Waals surface area contributed by atoms with E-state index in [-0.39, 0.29) is 6.61 Å². The van der Waals surface area contributed by atoms with Gasteiger partial charge in [0.2, 0.25) is 5.60 Å². The molecular formula is C23H33NO6. The Labute approximate surface area is 178 Å². The number of ether oxygens (including phenoxy) is 2. The molecule has 0 amide bonds. The molecule has 0 aliphatic carbocycles. The minimum absolute atomic E-state index is 0.317. The van der Waals surface area contributed by atoms with Gasteiger partial charge in [-0.05, 0) is 59.1 Å². The van der Waals surface area contributed by atoms with E-state index >= 15 is 0 Å². The largest absolute Gasteiger partial charge is 0.467 e. The molecule has 7 heteroatoms. The Bertz CT molecular complexity index is 755. The van der Waals surface area contributed by atoms with Crippen LogP contribution in [0, 0.1) is 0 Å². The van der Waals surface area contributed by atoms with Gasteiger partial charge in [-0.25, -0.2) is 9.59 Å². The number of aliphatic hydroxyl groups excluding tert-OH is 1. The van der Waals surface area contributed by atoms with Crippen molar-refractivity contribution in [3.63, 3.8) is 0 Å². The van der Waals surface area contributed by atoms with Crippen LogP contribution in [0.3, 0.4) is 0 Å². The third-order valence-electron chi connectivity index (χ3n) is 5.18. The van der Waals surface area contributed by atoms with Crippen molar-refractivity contribution in [2.24, 2.45) is 0 Å². The summed E-state index contributed by atoms with van der Waals surface area (Å²) in [6, 6.07) is 9.34. The minimum Gasteiger partial charge on any atom is -0.467 e. The number of carbonyl (C=O) groups excluding carboxylic acids is 2. The smallest absolute Gasteiger partial charge is 0.343 e. The fourth-order valence-electron chi connectivity index (χ4n) is 3.98. The molecule has 1 aromatic carbocycles. The monoisotopic (exact) mass is 419 g/mol. The molecule has 166 valence electrons. The summed E-state index contributed by atoms with van der Waals surface area (Å²) < 4.78 is 10.2. The van der Waals surface area contributed by atoms with Gasteiger partial charge in [0.25, 0.3) is 0 Å². The van der Waals surface area contributed by atoms with Crippen molar-refractivity contribution in [1.29, 1.82) is 0 Å². The van der Waals surface area contributed by atoms with Crippen LogP contribution in [0.2, 0.25) is 0 Å². The predicted octanol–water partition coefficient (Wildman–Crippen LogP) is 3.12. The summed E-state index contributed by atoms with van der Waals surface area (Å²) in [5.74, 6) is -1.25. The first-order valence-corrected chi connectivity index (χ1v) is 10.1. The Morgan fingerprint density at radius 2 is 1.73 bits per heavy atom. The second-order valence-corrected chi connectivity index (χ2v) is 9.15. The number of methoxy groups -OCH3 is 1. The Kier molecular flexibility index (Phi) is 7.45. The van der Waals surface area contributed by atoms with Gasteiger partial charge in [-0.1, -0.05) is 30.3 Å². The molecule has 1 unspecified atom stereocenters. The number of nitrogens with zero attached hydrogens (tertiary/aromatic N) is 1. The lowest BCUT2D eigenvalue weighted by Gasteiger charge is -2.54. The lowest BCUT2D eigenvalue weighted by atomic mass is 9.80. The van der Waals surface area contributed by atoms with Crippen LogP contribution in [0.4, 0.5) is 0 Å². The van der Waals surface area contributed by atoms with Crippen molar-refractivity contribution in [3.8, 4) is 0 Å². The summed E-state index contributed by atoms with van der Waals surface area (Å²) in [6.45, 7) is 8.95. The first-order valence-electron chi connectivity index (χ1n) is 10.1. The number of hydroxylamine groups is 2. The Balaban J connectivity index is 2.14.